The Kier molecular flexibility index (Phi) is 12.9. The SMILES string of the molecule is CC/N=c1/cc2oc3cc(NCC)c(C)cc3c(-c3cc(C(=O)NCCNC(=O)c4cccc(OCC(N=[N+]=[N-])OCC)c4)ccc3C(=O)O)c-2cc1C. The molecule has 5 rings (SSSR count). The minimum atomic E-state index is -1.14. The minimum absolute atomic E-state index is 0.0248. The predicted octanol–water partition coefficient (Wildman–Crippen LogP) is 7.08. The molecular formula is C40H43N7O7. The number of rotatable bonds is 16. The van der Waals surface area contributed by atoms with Crippen LogP contribution >= 0.6 is 0 Å². The molecule has 3 aromatic rings. The van der Waals surface area contributed by atoms with Gasteiger partial charge in [0.15, 0.2) is 6.23 Å². The molecule has 14 nitrogen and oxygen atoms in total. The standard InChI is InChI=1S/C40H43N7O7/c1-6-42-32-20-34-30(16-23(32)4)37(31-17-24(5)33(43-7-2)21-35(31)54-34)29-19-26(12-13-28(29)40(50)51)39(49)45-15-14-44-38(48)25-10-9-11-27(18-25)53-22-36(46-47-41)52-8-3/h9-13,16-21,36,42H,6-8,14-15,22H2,1-5H3,(H,44,48)(H,45,49)(H,50,51)/b43-33-. The Bertz CT molecular complexity index is 2280. The first-order chi connectivity index (χ1) is 26.1. The monoisotopic (exact) mass is 733 g/mol. The van der Waals surface area contributed by atoms with Crippen molar-refractivity contribution in [2.45, 2.75) is 40.8 Å². The van der Waals surface area contributed by atoms with E-state index in [9.17, 15) is 19.5 Å². The van der Waals surface area contributed by atoms with E-state index in [1.165, 1.54) is 12.1 Å². The van der Waals surface area contributed by atoms with Gasteiger partial charge in [-0.05, 0) is 105 Å². The molecule has 1 aliphatic carbocycles. The third kappa shape index (κ3) is 8.98. The molecule has 0 saturated carbocycles. The molecule has 3 aromatic carbocycles. The number of ether oxygens (including phenoxy) is 2. The van der Waals surface area contributed by atoms with Crippen LogP contribution in [0.15, 0.2) is 81.3 Å². The summed E-state index contributed by atoms with van der Waals surface area (Å²) < 4.78 is 17.4. The molecule has 0 radical (unpaired) electrons. The van der Waals surface area contributed by atoms with Crippen LogP contribution in [0.25, 0.3) is 43.9 Å². The van der Waals surface area contributed by atoms with E-state index in [1.54, 1.807) is 37.3 Å². The first kappa shape index (κ1) is 38.9. The summed E-state index contributed by atoms with van der Waals surface area (Å²) in [4.78, 5) is 46.4. The Morgan fingerprint density at radius 1 is 0.907 bits per heavy atom. The van der Waals surface area contributed by atoms with Crippen LogP contribution in [-0.2, 0) is 4.74 Å². The summed E-state index contributed by atoms with van der Waals surface area (Å²) >= 11 is 0. The van der Waals surface area contributed by atoms with Crippen LogP contribution in [-0.4, -0.2) is 68.5 Å². The summed E-state index contributed by atoms with van der Waals surface area (Å²) in [6, 6.07) is 18.7. The zero-order valence-electron chi connectivity index (χ0n) is 30.9. The number of amides is 2. The number of fused-ring (bicyclic) bond motifs is 2. The summed E-state index contributed by atoms with van der Waals surface area (Å²) in [5.74, 6) is -1.05. The molecular weight excluding hydrogens is 690 g/mol. The average Bonchev–Trinajstić information content (AvgIpc) is 3.15. The van der Waals surface area contributed by atoms with Gasteiger partial charge in [0.25, 0.3) is 11.8 Å². The second-order valence-corrected chi connectivity index (χ2v) is 12.3. The summed E-state index contributed by atoms with van der Waals surface area (Å²) in [6.07, 6.45) is -0.806. The minimum Gasteiger partial charge on any atom is -0.491 e. The largest absolute Gasteiger partial charge is 0.491 e. The first-order valence-electron chi connectivity index (χ1n) is 17.7. The Hall–Kier alpha value is -6.37. The summed E-state index contributed by atoms with van der Waals surface area (Å²) in [5.41, 5.74) is 14.3. The highest BCUT2D eigenvalue weighted by atomic mass is 16.5. The van der Waals surface area contributed by atoms with Gasteiger partial charge in [0.1, 0.15) is 23.7 Å². The van der Waals surface area contributed by atoms with Crippen molar-refractivity contribution < 1.29 is 33.4 Å². The van der Waals surface area contributed by atoms with Crippen LogP contribution in [0.4, 0.5) is 5.69 Å². The van der Waals surface area contributed by atoms with Crippen molar-refractivity contribution in [1.29, 1.82) is 0 Å². The van der Waals surface area contributed by atoms with Crippen LogP contribution in [0.2, 0.25) is 0 Å². The Balaban J connectivity index is 1.40. The maximum absolute atomic E-state index is 13.5. The summed E-state index contributed by atoms with van der Waals surface area (Å²) in [5, 5.41) is 24.3. The Morgan fingerprint density at radius 2 is 1.65 bits per heavy atom. The normalized spacial score (nSPS) is 11.9. The fourth-order valence-electron chi connectivity index (χ4n) is 6.09. The van der Waals surface area contributed by atoms with Gasteiger partial charge in [0.2, 0.25) is 0 Å². The van der Waals surface area contributed by atoms with E-state index in [-0.39, 0.29) is 36.7 Å². The van der Waals surface area contributed by atoms with Gasteiger partial charge in [0, 0.05) is 83.2 Å². The van der Waals surface area contributed by atoms with E-state index in [0.29, 0.717) is 64.4 Å². The van der Waals surface area contributed by atoms with E-state index in [2.05, 4.69) is 31.0 Å². The van der Waals surface area contributed by atoms with Crippen LogP contribution in [0.1, 0.15) is 63.0 Å². The number of benzene rings is 4. The van der Waals surface area contributed by atoms with Gasteiger partial charge in [-0.1, -0.05) is 11.2 Å². The molecule has 54 heavy (non-hydrogen) atoms. The van der Waals surface area contributed by atoms with Gasteiger partial charge in [-0.2, -0.15) is 0 Å². The van der Waals surface area contributed by atoms with Crippen LogP contribution in [0, 0.1) is 13.8 Å². The molecule has 280 valence electrons. The van der Waals surface area contributed by atoms with Crippen molar-refractivity contribution in [2.75, 3.05) is 44.7 Å². The van der Waals surface area contributed by atoms with Crippen molar-refractivity contribution in [3.63, 3.8) is 0 Å². The first-order valence-corrected chi connectivity index (χ1v) is 17.7. The molecule has 1 aliphatic heterocycles. The van der Waals surface area contributed by atoms with Gasteiger partial charge in [0.05, 0.1) is 10.9 Å². The zero-order chi connectivity index (χ0) is 38.8. The number of nitrogens with zero attached hydrogens (tertiary/aromatic N) is 4. The third-order valence-corrected chi connectivity index (χ3v) is 8.58. The maximum Gasteiger partial charge on any atom is 0.336 e. The van der Waals surface area contributed by atoms with Crippen LogP contribution in [0.5, 0.6) is 5.75 Å². The number of anilines is 1. The molecule has 1 atom stereocenters. The molecule has 0 aromatic heterocycles. The second kappa shape index (κ2) is 17.9. The maximum atomic E-state index is 13.5. The van der Waals surface area contributed by atoms with Crippen LogP contribution < -0.4 is 26.0 Å². The van der Waals surface area contributed by atoms with Crippen molar-refractivity contribution in [3.05, 3.63) is 110 Å². The zero-order valence-corrected chi connectivity index (χ0v) is 30.9. The summed E-state index contributed by atoms with van der Waals surface area (Å²) in [6.45, 7) is 11.5. The Labute approximate surface area is 312 Å². The fourth-order valence-corrected chi connectivity index (χ4v) is 6.09. The number of aryl methyl sites for hydroxylation is 2. The quantitative estimate of drug-likeness (QED) is 0.0271. The highest BCUT2D eigenvalue weighted by Gasteiger charge is 2.24. The smallest absolute Gasteiger partial charge is 0.336 e. The molecule has 0 bridgehead atoms. The van der Waals surface area contributed by atoms with E-state index < -0.39 is 18.1 Å². The molecule has 0 spiro atoms. The number of aromatic carboxylic acids is 1. The van der Waals surface area contributed by atoms with Gasteiger partial charge in [-0.25, -0.2) is 4.79 Å². The lowest BCUT2D eigenvalue weighted by molar-refractivity contribution is 0.0324. The van der Waals surface area contributed by atoms with E-state index in [1.807, 2.05) is 52.0 Å². The molecule has 1 heterocycles. The third-order valence-electron chi connectivity index (χ3n) is 8.58. The predicted molar refractivity (Wildman–Crippen MR) is 206 cm³/mol. The average molecular weight is 734 g/mol. The van der Waals surface area contributed by atoms with Gasteiger partial charge in [-0.15, -0.1) is 0 Å². The number of carbonyl (C=O) groups is 3. The molecule has 4 N–H and O–H groups in total. The molecule has 2 amide bonds. The molecule has 0 fully saturated rings. The Morgan fingerprint density at radius 3 is 2.31 bits per heavy atom. The lowest BCUT2D eigenvalue weighted by Gasteiger charge is -2.20. The topological polar surface area (TPSA) is 200 Å². The van der Waals surface area contributed by atoms with E-state index >= 15 is 0 Å². The van der Waals surface area contributed by atoms with Gasteiger partial charge in [-0.3, -0.25) is 14.6 Å². The number of carboxylic acid groups (broad SMARTS) is 1. The number of carboxylic acids is 1. The van der Waals surface area contributed by atoms with Crippen molar-refractivity contribution in [3.8, 4) is 28.2 Å². The highest BCUT2D eigenvalue weighted by molar-refractivity contribution is 6.09. The molecule has 0 saturated heterocycles. The number of hydrogen-bond acceptors (Lipinski definition) is 9. The van der Waals surface area contributed by atoms with Crippen molar-refractivity contribution >= 4 is 34.4 Å². The number of nitrogens with one attached hydrogen (secondary N) is 3. The lowest BCUT2D eigenvalue weighted by Crippen LogP contribution is -2.34. The summed E-state index contributed by atoms with van der Waals surface area (Å²) in [7, 11) is 0. The van der Waals surface area contributed by atoms with Crippen molar-refractivity contribution in [1.82, 2.24) is 10.6 Å². The second-order valence-electron chi connectivity index (χ2n) is 12.3. The van der Waals surface area contributed by atoms with Gasteiger partial charge >= 0.3 is 5.97 Å². The fraction of sp³-hybridized carbons (Fsp3) is 0.300. The van der Waals surface area contributed by atoms with E-state index in [4.69, 9.17) is 19.4 Å². The molecule has 1 unspecified atom stereocenters. The number of carbonyl (C=O) groups excluding carboxylic acids is 2. The molecule has 14 heteroatoms. The number of hydrogen-bond donors (Lipinski definition) is 4. The van der Waals surface area contributed by atoms with Crippen LogP contribution in [0.3, 0.4) is 0 Å². The lowest BCUT2D eigenvalue weighted by atomic mass is 9.88. The molecule has 2 aliphatic rings. The number of azide groups is 1. The van der Waals surface area contributed by atoms with Crippen molar-refractivity contribution in [2.24, 2.45) is 10.1 Å². The highest BCUT2D eigenvalue weighted by Crippen LogP contribution is 2.43. The van der Waals surface area contributed by atoms with Gasteiger partial charge < -0.3 is 34.9 Å². The van der Waals surface area contributed by atoms with E-state index in [0.717, 1.165) is 22.2 Å².